The van der Waals surface area contributed by atoms with Crippen LogP contribution in [0.5, 0.6) is 0 Å². The number of halogens is 2. The standard InChI is InChI=1S/C8H8BrFO2/c1-5(11)12-6-2-3-8(10)7(9)4-6/h4H,2-3H2,1H3. The Balaban J connectivity index is 2.70. The van der Waals surface area contributed by atoms with Gasteiger partial charge in [0.15, 0.2) is 0 Å². The van der Waals surface area contributed by atoms with Crippen LogP contribution in [0.4, 0.5) is 4.39 Å². The molecule has 0 unspecified atom stereocenters. The monoisotopic (exact) mass is 234 g/mol. The van der Waals surface area contributed by atoms with Gasteiger partial charge in [0.05, 0.1) is 4.48 Å². The highest BCUT2D eigenvalue weighted by Gasteiger charge is 2.13. The first-order valence-electron chi connectivity index (χ1n) is 3.52. The summed E-state index contributed by atoms with van der Waals surface area (Å²) in [5.41, 5.74) is 0. The molecule has 1 aliphatic carbocycles. The van der Waals surface area contributed by atoms with Crippen LogP contribution < -0.4 is 0 Å². The second kappa shape index (κ2) is 3.85. The summed E-state index contributed by atoms with van der Waals surface area (Å²) in [6.07, 6.45) is 2.22. The first-order chi connectivity index (χ1) is 5.59. The quantitative estimate of drug-likeness (QED) is 0.653. The number of carbonyl (C=O) groups excluding carboxylic acids is 1. The molecular weight excluding hydrogens is 227 g/mol. The molecule has 0 spiro atoms. The van der Waals surface area contributed by atoms with Gasteiger partial charge in [-0.1, -0.05) is 0 Å². The fourth-order valence-electron chi connectivity index (χ4n) is 0.909. The molecule has 0 amide bonds. The first-order valence-corrected chi connectivity index (χ1v) is 4.32. The van der Waals surface area contributed by atoms with E-state index in [1.54, 1.807) is 0 Å². The Bertz CT molecular complexity index is 268. The largest absolute Gasteiger partial charge is 0.431 e. The van der Waals surface area contributed by atoms with E-state index in [-0.39, 0.29) is 11.8 Å². The predicted octanol–water partition coefficient (Wildman–Crippen LogP) is 2.80. The van der Waals surface area contributed by atoms with E-state index in [0.29, 0.717) is 23.1 Å². The Morgan fingerprint density at radius 2 is 2.33 bits per heavy atom. The topological polar surface area (TPSA) is 26.3 Å². The van der Waals surface area contributed by atoms with Crippen molar-refractivity contribution >= 4 is 21.9 Å². The lowest BCUT2D eigenvalue weighted by atomic mass is 10.1. The Morgan fingerprint density at radius 1 is 1.67 bits per heavy atom. The third-order valence-electron chi connectivity index (χ3n) is 1.41. The average molecular weight is 235 g/mol. The van der Waals surface area contributed by atoms with Gasteiger partial charge < -0.3 is 4.74 Å². The van der Waals surface area contributed by atoms with Gasteiger partial charge in [-0.3, -0.25) is 4.79 Å². The summed E-state index contributed by atoms with van der Waals surface area (Å²) in [5, 5.41) is 0. The zero-order valence-corrected chi connectivity index (χ0v) is 8.15. The number of ether oxygens (including phenoxy) is 1. The predicted molar refractivity (Wildman–Crippen MR) is 46.1 cm³/mol. The molecule has 1 aliphatic rings. The fraction of sp³-hybridized carbons (Fsp3) is 0.375. The molecule has 0 saturated heterocycles. The SMILES string of the molecule is CC(=O)OC1=CC(Br)=C(F)CC1. The summed E-state index contributed by atoms with van der Waals surface area (Å²) in [6.45, 7) is 1.32. The highest BCUT2D eigenvalue weighted by molar-refractivity contribution is 9.11. The maximum Gasteiger partial charge on any atom is 0.307 e. The molecule has 0 bridgehead atoms. The number of hydrogen-bond donors (Lipinski definition) is 0. The van der Waals surface area contributed by atoms with Gasteiger partial charge in [0.1, 0.15) is 11.6 Å². The van der Waals surface area contributed by atoms with Gasteiger partial charge in [0.2, 0.25) is 0 Å². The average Bonchev–Trinajstić information content (AvgIpc) is 1.96. The summed E-state index contributed by atoms with van der Waals surface area (Å²) in [5.74, 6) is -0.0643. The van der Waals surface area contributed by atoms with Crippen molar-refractivity contribution in [3.8, 4) is 0 Å². The van der Waals surface area contributed by atoms with Gasteiger partial charge in [-0.2, -0.15) is 0 Å². The molecule has 0 radical (unpaired) electrons. The zero-order chi connectivity index (χ0) is 9.14. The summed E-state index contributed by atoms with van der Waals surface area (Å²) in [4.78, 5) is 10.5. The van der Waals surface area contributed by atoms with Gasteiger partial charge in [-0.15, -0.1) is 0 Å². The molecule has 2 nitrogen and oxygen atoms in total. The Morgan fingerprint density at radius 3 is 2.83 bits per heavy atom. The Labute approximate surface area is 78.2 Å². The smallest absolute Gasteiger partial charge is 0.307 e. The van der Waals surface area contributed by atoms with E-state index in [1.165, 1.54) is 13.0 Å². The summed E-state index contributed by atoms with van der Waals surface area (Å²) in [7, 11) is 0. The second-order valence-corrected chi connectivity index (χ2v) is 3.31. The van der Waals surface area contributed by atoms with Crippen molar-refractivity contribution in [2.24, 2.45) is 0 Å². The fourth-order valence-corrected chi connectivity index (χ4v) is 1.36. The summed E-state index contributed by atoms with van der Waals surface area (Å²) < 4.78 is 17.9. The Hall–Kier alpha value is -0.640. The van der Waals surface area contributed by atoms with E-state index < -0.39 is 0 Å². The number of esters is 1. The van der Waals surface area contributed by atoms with E-state index in [0.717, 1.165) is 0 Å². The summed E-state index contributed by atoms with van der Waals surface area (Å²) in [6, 6.07) is 0. The number of carbonyl (C=O) groups is 1. The van der Waals surface area contributed by atoms with Crippen molar-refractivity contribution in [3.05, 3.63) is 22.1 Å². The van der Waals surface area contributed by atoms with Crippen molar-refractivity contribution in [1.82, 2.24) is 0 Å². The maximum absolute atomic E-state index is 12.7. The van der Waals surface area contributed by atoms with Gasteiger partial charge in [-0.05, 0) is 22.0 Å². The molecule has 0 atom stereocenters. The number of allylic oxidation sites excluding steroid dienone is 4. The lowest BCUT2D eigenvalue weighted by Crippen LogP contribution is -2.02. The van der Waals surface area contributed by atoms with Crippen LogP contribution in [0.2, 0.25) is 0 Å². The molecule has 0 aromatic rings. The van der Waals surface area contributed by atoms with Crippen molar-refractivity contribution in [2.45, 2.75) is 19.8 Å². The molecule has 66 valence electrons. The molecule has 1 rings (SSSR count). The maximum atomic E-state index is 12.7. The van der Waals surface area contributed by atoms with Crippen molar-refractivity contribution in [3.63, 3.8) is 0 Å². The van der Waals surface area contributed by atoms with Crippen molar-refractivity contribution in [2.75, 3.05) is 0 Å². The normalized spacial score (nSPS) is 17.4. The van der Waals surface area contributed by atoms with Crippen LogP contribution in [-0.4, -0.2) is 5.97 Å². The lowest BCUT2D eigenvalue weighted by molar-refractivity contribution is -0.137. The molecule has 0 aromatic heterocycles. The van der Waals surface area contributed by atoms with Crippen LogP contribution in [0.15, 0.2) is 22.1 Å². The molecule has 0 aliphatic heterocycles. The first kappa shape index (κ1) is 9.45. The van der Waals surface area contributed by atoms with Crippen LogP contribution in [0.1, 0.15) is 19.8 Å². The lowest BCUT2D eigenvalue weighted by Gasteiger charge is -2.11. The third kappa shape index (κ3) is 2.44. The highest BCUT2D eigenvalue weighted by Crippen LogP contribution is 2.28. The van der Waals surface area contributed by atoms with Crippen LogP contribution in [0.3, 0.4) is 0 Å². The second-order valence-electron chi connectivity index (χ2n) is 2.46. The molecule has 0 heterocycles. The summed E-state index contributed by atoms with van der Waals surface area (Å²) >= 11 is 3.02. The molecular formula is C8H8BrFO2. The van der Waals surface area contributed by atoms with Gasteiger partial charge in [-0.25, -0.2) is 4.39 Å². The minimum atomic E-state index is -0.371. The van der Waals surface area contributed by atoms with Crippen LogP contribution in [-0.2, 0) is 9.53 Å². The van der Waals surface area contributed by atoms with Gasteiger partial charge in [0.25, 0.3) is 0 Å². The van der Waals surface area contributed by atoms with Crippen molar-refractivity contribution in [1.29, 1.82) is 0 Å². The molecule has 0 N–H and O–H groups in total. The van der Waals surface area contributed by atoms with E-state index in [1.807, 2.05) is 0 Å². The van der Waals surface area contributed by atoms with E-state index in [2.05, 4.69) is 15.9 Å². The van der Waals surface area contributed by atoms with E-state index >= 15 is 0 Å². The minimum Gasteiger partial charge on any atom is -0.431 e. The molecule has 0 fully saturated rings. The zero-order valence-electron chi connectivity index (χ0n) is 6.56. The highest BCUT2D eigenvalue weighted by atomic mass is 79.9. The van der Waals surface area contributed by atoms with Gasteiger partial charge >= 0.3 is 5.97 Å². The minimum absolute atomic E-state index is 0.203. The van der Waals surface area contributed by atoms with Crippen LogP contribution in [0, 0.1) is 0 Å². The van der Waals surface area contributed by atoms with Crippen LogP contribution >= 0.6 is 15.9 Å². The molecule has 0 saturated carbocycles. The van der Waals surface area contributed by atoms with E-state index in [9.17, 15) is 9.18 Å². The van der Waals surface area contributed by atoms with E-state index in [4.69, 9.17) is 4.74 Å². The molecule has 12 heavy (non-hydrogen) atoms. The van der Waals surface area contributed by atoms with Crippen LogP contribution in [0.25, 0.3) is 0 Å². The molecule has 4 heteroatoms. The number of rotatable bonds is 1. The third-order valence-corrected chi connectivity index (χ3v) is 2.07. The van der Waals surface area contributed by atoms with Crippen molar-refractivity contribution < 1.29 is 13.9 Å². The number of hydrogen-bond acceptors (Lipinski definition) is 2. The molecule has 0 aromatic carbocycles. The Kier molecular flexibility index (Phi) is 3.03. The van der Waals surface area contributed by atoms with Gasteiger partial charge in [0, 0.05) is 19.8 Å².